The highest BCUT2D eigenvalue weighted by atomic mass is 16.5. The Labute approximate surface area is 166 Å². The summed E-state index contributed by atoms with van der Waals surface area (Å²) in [6, 6.07) is 20.7. The molecule has 2 aromatic carbocycles. The Morgan fingerprint density at radius 3 is 2.32 bits per heavy atom. The van der Waals surface area contributed by atoms with Crippen LogP contribution in [-0.4, -0.2) is 34.3 Å². The van der Waals surface area contributed by atoms with Gasteiger partial charge in [0.05, 0.1) is 5.56 Å². The molecule has 4 heterocycles. The van der Waals surface area contributed by atoms with Crippen LogP contribution in [0.25, 0.3) is 11.1 Å². The quantitative estimate of drug-likeness (QED) is 0.639. The molecule has 0 aliphatic carbocycles. The molecule has 1 atom stereocenters. The van der Waals surface area contributed by atoms with E-state index < -0.39 is 0 Å². The molecule has 0 amide bonds. The van der Waals surface area contributed by atoms with Crippen LogP contribution in [-0.2, 0) is 13.2 Å². The standard InChI is InChI=1S/C24H27N3O/c1-3-7-19(8-4-1)18-28-24-23(21-9-5-2-6-10-21)17-27(25-24)16-22-15-26-13-11-20(22)12-14-26/h1-10,17,20,22H,11-16,18H2. The lowest BCUT2D eigenvalue weighted by Crippen LogP contribution is -2.48. The number of rotatable bonds is 6. The van der Waals surface area contributed by atoms with Crippen LogP contribution in [0, 0.1) is 11.8 Å². The van der Waals surface area contributed by atoms with Crippen LogP contribution < -0.4 is 4.74 Å². The first-order valence-corrected chi connectivity index (χ1v) is 10.4. The lowest BCUT2D eigenvalue weighted by atomic mass is 9.79. The van der Waals surface area contributed by atoms with E-state index in [0.717, 1.165) is 35.0 Å². The van der Waals surface area contributed by atoms with Gasteiger partial charge in [0.2, 0.25) is 5.88 Å². The molecule has 3 saturated heterocycles. The molecule has 0 N–H and O–H groups in total. The van der Waals surface area contributed by atoms with Crippen LogP contribution in [0.4, 0.5) is 0 Å². The molecule has 4 heteroatoms. The number of ether oxygens (including phenoxy) is 1. The average molecular weight is 374 g/mol. The first-order valence-electron chi connectivity index (χ1n) is 10.4. The van der Waals surface area contributed by atoms with Gasteiger partial charge in [-0.1, -0.05) is 60.7 Å². The van der Waals surface area contributed by atoms with E-state index in [0.29, 0.717) is 12.5 Å². The summed E-state index contributed by atoms with van der Waals surface area (Å²) in [5, 5.41) is 4.86. The molecular weight excluding hydrogens is 346 g/mol. The van der Waals surface area contributed by atoms with Gasteiger partial charge >= 0.3 is 0 Å². The minimum absolute atomic E-state index is 0.539. The summed E-state index contributed by atoms with van der Waals surface area (Å²) in [4.78, 5) is 2.61. The van der Waals surface area contributed by atoms with Crippen LogP contribution in [0.1, 0.15) is 18.4 Å². The summed E-state index contributed by atoms with van der Waals surface area (Å²) in [5.41, 5.74) is 3.40. The van der Waals surface area contributed by atoms with Gasteiger partial charge in [-0.3, -0.25) is 4.68 Å². The molecule has 28 heavy (non-hydrogen) atoms. The van der Waals surface area contributed by atoms with Crippen LogP contribution in [0.3, 0.4) is 0 Å². The lowest BCUT2D eigenvalue weighted by molar-refractivity contribution is 0.0403. The number of benzene rings is 2. The van der Waals surface area contributed by atoms with Gasteiger partial charge in [-0.2, -0.15) is 0 Å². The van der Waals surface area contributed by atoms with Crippen LogP contribution >= 0.6 is 0 Å². The molecule has 144 valence electrons. The van der Waals surface area contributed by atoms with E-state index in [4.69, 9.17) is 9.84 Å². The summed E-state index contributed by atoms with van der Waals surface area (Å²) >= 11 is 0. The molecule has 3 aliphatic heterocycles. The third kappa shape index (κ3) is 3.69. The second-order valence-electron chi connectivity index (χ2n) is 8.11. The fraction of sp³-hybridized carbons (Fsp3) is 0.375. The zero-order chi connectivity index (χ0) is 18.8. The lowest BCUT2D eigenvalue weighted by Gasteiger charge is -2.44. The summed E-state index contributed by atoms with van der Waals surface area (Å²) in [5.74, 6) is 2.28. The fourth-order valence-electron chi connectivity index (χ4n) is 4.68. The van der Waals surface area contributed by atoms with Crippen molar-refractivity contribution < 1.29 is 4.74 Å². The van der Waals surface area contributed by atoms with E-state index in [1.54, 1.807) is 0 Å². The van der Waals surface area contributed by atoms with Crippen molar-refractivity contribution in [2.75, 3.05) is 19.6 Å². The van der Waals surface area contributed by atoms with E-state index >= 15 is 0 Å². The molecule has 3 fully saturated rings. The van der Waals surface area contributed by atoms with Crippen molar-refractivity contribution in [2.24, 2.45) is 11.8 Å². The van der Waals surface area contributed by atoms with Gasteiger partial charge in [-0.05, 0) is 48.9 Å². The molecule has 0 radical (unpaired) electrons. The molecule has 3 aromatic rings. The summed E-state index contributed by atoms with van der Waals surface area (Å²) < 4.78 is 8.29. The number of piperidine rings is 3. The predicted molar refractivity (Wildman–Crippen MR) is 111 cm³/mol. The smallest absolute Gasteiger partial charge is 0.241 e. The Hall–Kier alpha value is -2.59. The van der Waals surface area contributed by atoms with Crippen molar-refractivity contribution in [2.45, 2.75) is 26.0 Å². The largest absolute Gasteiger partial charge is 0.471 e. The van der Waals surface area contributed by atoms with Crippen molar-refractivity contribution in [3.8, 4) is 17.0 Å². The van der Waals surface area contributed by atoms with Gasteiger partial charge < -0.3 is 9.64 Å². The normalized spacial score (nSPS) is 23.6. The van der Waals surface area contributed by atoms with Gasteiger partial charge in [-0.25, -0.2) is 0 Å². The average Bonchev–Trinajstić information content (AvgIpc) is 3.17. The van der Waals surface area contributed by atoms with Crippen LogP contribution in [0.2, 0.25) is 0 Å². The molecule has 0 saturated carbocycles. The van der Waals surface area contributed by atoms with Gasteiger partial charge in [-0.15, -0.1) is 5.10 Å². The molecule has 2 bridgehead atoms. The summed E-state index contributed by atoms with van der Waals surface area (Å²) in [6.45, 7) is 5.29. The Bertz CT molecular complexity index is 898. The second kappa shape index (κ2) is 7.80. The Balaban J connectivity index is 1.38. The van der Waals surface area contributed by atoms with Crippen molar-refractivity contribution in [3.63, 3.8) is 0 Å². The van der Waals surface area contributed by atoms with Crippen LogP contribution in [0.15, 0.2) is 66.9 Å². The first-order chi connectivity index (χ1) is 13.8. The maximum Gasteiger partial charge on any atom is 0.241 e. The summed E-state index contributed by atoms with van der Waals surface area (Å²) in [6.07, 6.45) is 4.86. The number of fused-ring (bicyclic) bond motifs is 3. The number of hydrogen-bond acceptors (Lipinski definition) is 3. The third-order valence-electron chi connectivity index (χ3n) is 6.24. The van der Waals surface area contributed by atoms with Crippen LogP contribution in [0.5, 0.6) is 5.88 Å². The van der Waals surface area contributed by atoms with Gasteiger partial charge in [0.25, 0.3) is 0 Å². The van der Waals surface area contributed by atoms with E-state index in [2.05, 4.69) is 52.2 Å². The number of aromatic nitrogens is 2. The Morgan fingerprint density at radius 1 is 0.929 bits per heavy atom. The molecule has 1 unspecified atom stereocenters. The maximum atomic E-state index is 6.17. The highest BCUT2D eigenvalue weighted by Crippen LogP contribution is 2.35. The molecule has 1 aromatic heterocycles. The second-order valence-corrected chi connectivity index (χ2v) is 8.11. The van der Waals surface area contributed by atoms with E-state index in [-0.39, 0.29) is 0 Å². The zero-order valence-electron chi connectivity index (χ0n) is 16.2. The highest BCUT2D eigenvalue weighted by Gasteiger charge is 2.34. The predicted octanol–water partition coefficient (Wildman–Crippen LogP) is 4.47. The van der Waals surface area contributed by atoms with Crippen molar-refractivity contribution in [1.82, 2.24) is 14.7 Å². The van der Waals surface area contributed by atoms with Crippen molar-refractivity contribution >= 4 is 0 Å². The fourth-order valence-corrected chi connectivity index (χ4v) is 4.68. The third-order valence-corrected chi connectivity index (χ3v) is 6.24. The van der Waals surface area contributed by atoms with E-state index in [1.165, 1.54) is 32.5 Å². The SMILES string of the molecule is c1ccc(COc2nn(CC3CN4CCC3CC4)cc2-c2ccccc2)cc1. The Kier molecular flexibility index (Phi) is 4.88. The van der Waals surface area contributed by atoms with Crippen molar-refractivity contribution in [1.29, 1.82) is 0 Å². The topological polar surface area (TPSA) is 30.3 Å². The summed E-state index contributed by atoms with van der Waals surface area (Å²) in [7, 11) is 0. The molecule has 0 spiro atoms. The van der Waals surface area contributed by atoms with Gasteiger partial charge in [0.15, 0.2) is 0 Å². The zero-order valence-corrected chi connectivity index (χ0v) is 16.2. The van der Waals surface area contributed by atoms with E-state index in [9.17, 15) is 0 Å². The first kappa shape index (κ1) is 17.5. The number of hydrogen-bond donors (Lipinski definition) is 0. The molecule has 3 aliphatic rings. The van der Waals surface area contributed by atoms with E-state index in [1.807, 2.05) is 24.3 Å². The van der Waals surface area contributed by atoms with Gasteiger partial charge in [0, 0.05) is 19.3 Å². The molecule has 4 nitrogen and oxygen atoms in total. The minimum atomic E-state index is 0.539. The maximum absolute atomic E-state index is 6.17. The van der Waals surface area contributed by atoms with Gasteiger partial charge in [0.1, 0.15) is 6.61 Å². The highest BCUT2D eigenvalue weighted by molar-refractivity contribution is 5.67. The molecule has 6 rings (SSSR count). The monoisotopic (exact) mass is 373 g/mol. The van der Waals surface area contributed by atoms with Crippen molar-refractivity contribution in [3.05, 3.63) is 72.4 Å². The Morgan fingerprint density at radius 2 is 1.64 bits per heavy atom. The number of nitrogens with zero attached hydrogens (tertiary/aromatic N) is 3. The minimum Gasteiger partial charge on any atom is -0.471 e. The molecular formula is C24H27N3O.